The van der Waals surface area contributed by atoms with Crippen LogP contribution in [-0.4, -0.2) is 12.6 Å². The minimum absolute atomic E-state index is 0.237. The average molecular weight is 311 g/mol. The molecular weight excluding hydrogens is 293 g/mol. The van der Waals surface area contributed by atoms with Crippen molar-refractivity contribution in [1.82, 2.24) is 5.32 Å². The molecule has 2 aromatic rings. The first-order valence-corrected chi connectivity index (χ1v) is 7.35. The largest absolute Gasteiger partial charge is 0.445 e. The highest BCUT2D eigenvalue weighted by molar-refractivity contribution is 5.67. The number of nitrogens with one attached hydrogen (secondary N) is 1. The van der Waals surface area contributed by atoms with E-state index >= 15 is 0 Å². The second-order valence-corrected chi connectivity index (χ2v) is 5.00. The number of aryl methyl sites for hydroxylation is 1. The normalized spacial score (nSPS) is 9.65. The molecule has 118 valence electrons. The number of rotatable bonds is 4. The maximum Gasteiger partial charge on any atom is 0.407 e. The Bertz CT molecular complexity index is 717. The maximum absolute atomic E-state index is 13.3. The average Bonchev–Trinajstić information content (AvgIpc) is 2.57. The van der Waals surface area contributed by atoms with Gasteiger partial charge >= 0.3 is 6.09 Å². The molecule has 1 N–H and O–H groups in total. The first-order chi connectivity index (χ1) is 11.1. The Kier molecular flexibility index (Phi) is 6.19. The van der Waals surface area contributed by atoms with Crippen LogP contribution in [0.3, 0.4) is 0 Å². The van der Waals surface area contributed by atoms with Crippen molar-refractivity contribution in [3.8, 4) is 11.8 Å². The van der Waals surface area contributed by atoms with Crippen molar-refractivity contribution < 1.29 is 13.9 Å². The smallest absolute Gasteiger partial charge is 0.407 e. The van der Waals surface area contributed by atoms with Crippen LogP contribution in [0.5, 0.6) is 0 Å². The second kappa shape index (κ2) is 8.60. The molecule has 2 aromatic carbocycles. The summed E-state index contributed by atoms with van der Waals surface area (Å²) in [5, 5.41) is 2.62. The van der Waals surface area contributed by atoms with Crippen molar-refractivity contribution in [2.45, 2.75) is 20.0 Å². The molecule has 2 rings (SSSR count). The van der Waals surface area contributed by atoms with Crippen molar-refractivity contribution in [2.75, 3.05) is 6.54 Å². The van der Waals surface area contributed by atoms with Gasteiger partial charge in [-0.05, 0) is 30.2 Å². The molecule has 0 heterocycles. The number of hydrogen-bond acceptors (Lipinski definition) is 2. The molecule has 1 amide bonds. The van der Waals surface area contributed by atoms with Gasteiger partial charge in [0.25, 0.3) is 0 Å². The standard InChI is InChI=1S/C19H18FNO2/c1-15-10-11-16(13-18(15)20)7-5-6-12-21-19(22)23-14-17-8-3-2-4-9-17/h2-4,8-11,13H,6,12,14H2,1H3,(H,21,22). The number of carbonyl (C=O) groups excluding carboxylic acids is 1. The van der Waals surface area contributed by atoms with Gasteiger partial charge in [-0.1, -0.05) is 48.2 Å². The van der Waals surface area contributed by atoms with Crippen LogP contribution in [0.15, 0.2) is 48.5 Å². The van der Waals surface area contributed by atoms with Crippen LogP contribution in [0.25, 0.3) is 0 Å². The van der Waals surface area contributed by atoms with E-state index in [1.165, 1.54) is 6.07 Å². The number of carbonyl (C=O) groups is 1. The third-order valence-corrected chi connectivity index (χ3v) is 3.14. The number of benzene rings is 2. The molecule has 0 radical (unpaired) electrons. The van der Waals surface area contributed by atoms with Crippen LogP contribution in [0.1, 0.15) is 23.1 Å². The molecule has 0 aliphatic heterocycles. The highest BCUT2D eigenvalue weighted by atomic mass is 19.1. The van der Waals surface area contributed by atoms with Crippen LogP contribution in [0.2, 0.25) is 0 Å². The van der Waals surface area contributed by atoms with Gasteiger partial charge in [-0.15, -0.1) is 0 Å². The Balaban J connectivity index is 1.68. The van der Waals surface area contributed by atoms with Gasteiger partial charge in [0.15, 0.2) is 0 Å². The highest BCUT2D eigenvalue weighted by Gasteiger charge is 2.00. The fourth-order valence-corrected chi connectivity index (χ4v) is 1.84. The Hall–Kier alpha value is -2.80. The SMILES string of the molecule is Cc1ccc(C#CCCNC(=O)OCc2ccccc2)cc1F. The summed E-state index contributed by atoms with van der Waals surface area (Å²) < 4.78 is 18.4. The third kappa shape index (κ3) is 5.84. The molecule has 3 nitrogen and oxygen atoms in total. The number of alkyl carbamates (subject to hydrolysis) is 1. The second-order valence-electron chi connectivity index (χ2n) is 5.00. The number of ether oxygens (including phenoxy) is 1. The predicted octanol–water partition coefficient (Wildman–Crippen LogP) is 3.80. The van der Waals surface area contributed by atoms with E-state index in [0.717, 1.165) is 5.56 Å². The van der Waals surface area contributed by atoms with E-state index in [1.807, 2.05) is 30.3 Å². The van der Waals surface area contributed by atoms with E-state index in [9.17, 15) is 9.18 Å². The van der Waals surface area contributed by atoms with Crippen molar-refractivity contribution >= 4 is 6.09 Å². The van der Waals surface area contributed by atoms with Gasteiger partial charge in [0.1, 0.15) is 12.4 Å². The summed E-state index contributed by atoms with van der Waals surface area (Å²) in [5.74, 6) is 5.49. The zero-order valence-electron chi connectivity index (χ0n) is 12.9. The topological polar surface area (TPSA) is 38.3 Å². The van der Waals surface area contributed by atoms with E-state index in [0.29, 0.717) is 24.1 Å². The number of halogens is 1. The van der Waals surface area contributed by atoms with Crippen LogP contribution >= 0.6 is 0 Å². The van der Waals surface area contributed by atoms with E-state index in [4.69, 9.17) is 4.74 Å². The summed E-state index contributed by atoms with van der Waals surface area (Å²) in [4.78, 5) is 11.5. The van der Waals surface area contributed by atoms with Gasteiger partial charge in [0.05, 0.1) is 0 Å². The molecule has 4 heteroatoms. The molecular formula is C19H18FNO2. The van der Waals surface area contributed by atoms with Crippen LogP contribution in [0, 0.1) is 24.6 Å². The zero-order valence-corrected chi connectivity index (χ0v) is 12.9. The van der Waals surface area contributed by atoms with Crippen molar-refractivity contribution in [1.29, 1.82) is 0 Å². The third-order valence-electron chi connectivity index (χ3n) is 3.14. The Morgan fingerprint density at radius 1 is 1.22 bits per heavy atom. The predicted molar refractivity (Wildman–Crippen MR) is 87.3 cm³/mol. The molecule has 0 saturated heterocycles. The molecule has 0 saturated carbocycles. The van der Waals surface area contributed by atoms with Crippen molar-refractivity contribution in [3.05, 3.63) is 71.0 Å². The Morgan fingerprint density at radius 2 is 2.00 bits per heavy atom. The van der Waals surface area contributed by atoms with E-state index in [1.54, 1.807) is 19.1 Å². The van der Waals surface area contributed by atoms with Crippen molar-refractivity contribution in [3.63, 3.8) is 0 Å². The molecule has 0 aliphatic rings. The lowest BCUT2D eigenvalue weighted by molar-refractivity contribution is 0.140. The first kappa shape index (κ1) is 16.6. The first-order valence-electron chi connectivity index (χ1n) is 7.35. The number of hydrogen-bond donors (Lipinski definition) is 1. The molecule has 0 aliphatic carbocycles. The highest BCUT2D eigenvalue weighted by Crippen LogP contribution is 2.07. The van der Waals surface area contributed by atoms with Crippen LogP contribution in [0.4, 0.5) is 9.18 Å². The summed E-state index contributed by atoms with van der Waals surface area (Å²) in [5.41, 5.74) is 2.15. The molecule has 0 bridgehead atoms. The quantitative estimate of drug-likeness (QED) is 0.689. The molecule has 0 atom stereocenters. The fourth-order valence-electron chi connectivity index (χ4n) is 1.84. The lowest BCUT2D eigenvalue weighted by Gasteiger charge is -2.05. The van der Waals surface area contributed by atoms with Crippen LogP contribution < -0.4 is 5.32 Å². The molecule has 0 unspecified atom stereocenters. The zero-order chi connectivity index (χ0) is 16.5. The van der Waals surface area contributed by atoms with Gasteiger partial charge in [-0.25, -0.2) is 9.18 Å². The van der Waals surface area contributed by atoms with Gasteiger partial charge in [-0.2, -0.15) is 0 Å². The lowest BCUT2D eigenvalue weighted by Crippen LogP contribution is -2.24. The van der Waals surface area contributed by atoms with E-state index in [-0.39, 0.29) is 12.4 Å². The van der Waals surface area contributed by atoms with Gasteiger partial charge < -0.3 is 10.1 Å². The minimum Gasteiger partial charge on any atom is -0.445 e. The summed E-state index contributed by atoms with van der Waals surface area (Å²) in [6.45, 7) is 2.33. The molecule has 23 heavy (non-hydrogen) atoms. The van der Waals surface area contributed by atoms with Crippen LogP contribution in [-0.2, 0) is 11.3 Å². The monoisotopic (exact) mass is 311 g/mol. The Morgan fingerprint density at radius 3 is 2.74 bits per heavy atom. The summed E-state index contributed by atoms with van der Waals surface area (Å²) in [6, 6.07) is 14.3. The number of amides is 1. The van der Waals surface area contributed by atoms with Gasteiger partial charge in [0, 0.05) is 18.5 Å². The summed E-state index contributed by atoms with van der Waals surface area (Å²) in [7, 11) is 0. The maximum atomic E-state index is 13.3. The van der Waals surface area contributed by atoms with Gasteiger partial charge in [-0.3, -0.25) is 0 Å². The van der Waals surface area contributed by atoms with Gasteiger partial charge in [0.2, 0.25) is 0 Å². The Labute approximate surface area is 135 Å². The molecule has 0 fully saturated rings. The minimum atomic E-state index is -0.475. The fraction of sp³-hybridized carbons (Fsp3) is 0.211. The lowest BCUT2D eigenvalue weighted by atomic mass is 10.1. The summed E-state index contributed by atoms with van der Waals surface area (Å²) >= 11 is 0. The molecule has 0 spiro atoms. The molecule has 0 aromatic heterocycles. The van der Waals surface area contributed by atoms with E-state index in [2.05, 4.69) is 17.2 Å². The van der Waals surface area contributed by atoms with Crippen molar-refractivity contribution in [2.24, 2.45) is 0 Å². The van der Waals surface area contributed by atoms with E-state index < -0.39 is 6.09 Å². The summed E-state index contributed by atoms with van der Waals surface area (Å²) in [6.07, 6.45) is -0.00678.